The normalized spacial score (nSPS) is 18.2. The van der Waals surface area contributed by atoms with Crippen molar-refractivity contribution in [3.05, 3.63) is 29.6 Å². The van der Waals surface area contributed by atoms with Crippen LogP contribution in [0.5, 0.6) is 0 Å². The van der Waals surface area contributed by atoms with E-state index < -0.39 is 0 Å². The van der Waals surface area contributed by atoms with E-state index in [2.05, 4.69) is 26.0 Å². The number of anilines is 1. The lowest BCUT2D eigenvalue weighted by Gasteiger charge is -2.34. The molecule has 0 aromatic carbocycles. The zero-order chi connectivity index (χ0) is 17.2. The molecule has 0 bridgehead atoms. The lowest BCUT2D eigenvalue weighted by molar-refractivity contribution is 0.235. The van der Waals surface area contributed by atoms with Gasteiger partial charge in [0, 0.05) is 45.3 Å². The minimum atomic E-state index is -0.313. The molecule has 1 fully saturated rings. The Kier molecular flexibility index (Phi) is 4.24. The molecule has 0 unspecified atom stereocenters. The lowest BCUT2D eigenvalue weighted by Crippen LogP contribution is -2.47. The summed E-state index contributed by atoms with van der Waals surface area (Å²) < 4.78 is 19.6. The van der Waals surface area contributed by atoms with Crippen molar-refractivity contribution in [2.45, 2.75) is 6.42 Å². The average molecular weight is 342 g/mol. The topological polar surface area (TPSA) is 69.7 Å². The third-order valence-electron chi connectivity index (χ3n) is 4.62. The summed E-state index contributed by atoms with van der Waals surface area (Å²) in [4.78, 5) is 8.93. The summed E-state index contributed by atoms with van der Waals surface area (Å²) in [7, 11) is 0. The van der Waals surface area contributed by atoms with Crippen LogP contribution in [0.25, 0.3) is 11.4 Å². The van der Waals surface area contributed by atoms with E-state index in [1.54, 1.807) is 4.52 Å². The van der Waals surface area contributed by atoms with Gasteiger partial charge >= 0.3 is 0 Å². The van der Waals surface area contributed by atoms with Gasteiger partial charge in [-0.25, -0.2) is 13.9 Å². The molecule has 7 nitrogen and oxygen atoms in total. The fourth-order valence-electron chi connectivity index (χ4n) is 3.27. The summed E-state index contributed by atoms with van der Waals surface area (Å²) >= 11 is 0. The Balaban J connectivity index is 1.63. The zero-order valence-corrected chi connectivity index (χ0v) is 13.9. The van der Waals surface area contributed by atoms with Gasteiger partial charge in [-0.2, -0.15) is 10.4 Å². The van der Waals surface area contributed by atoms with E-state index in [1.807, 2.05) is 18.3 Å². The molecule has 0 atom stereocenters. The van der Waals surface area contributed by atoms with Gasteiger partial charge < -0.3 is 9.64 Å². The molecule has 0 aliphatic carbocycles. The van der Waals surface area contributed by atoms with E-state index in [4.69, 9.17) is 4.74 Å². The van der Waals surface area contributed by atoms with E-state index in [1.165, 1.54) is 0 Å². The van der Waals surface area contributed by atoms with Gasteiger partial charge in [-0.1, -0.05) is 0 Å². The van der Waals surface area contributed by atoms with Gasteiger partial charge in [0.05, 0.1) is 6.61 Å². The van der Waals surface area contributed by atoms with Crippen LogP contribution in [0.2, 0.25) is 0 Å². The molecule has 2 aromatic rings. The number of alkyl halides is 1. The predicted molar refractivity (Wildman–Crippen MR) is 90.9 cm³/mol. The Morgan fingerprint density at radius 1 is 1.28 bits per heavy atom. The van der Waals surface area contributed by atoms with Crippen LogP contribution >= 0.6 is 0 Å². The molecular weight excluding hydrogens is 323 g/mol. The molecule has 2 aliphatic heterocycles. The van der Waals surface area contributed by atoms with Gasteiger partial charge in [0.25, 0.3) is 0 Å². The fraction of sp³-hybridized carbons (Fsp3) is 0.471. The van der Waals surface area contributed by atoms with Crippen LogP contribution < -0.4 is 4.90 Å². The average Bonchev–Trinajstić information content (AvgIpc) is 3.29. The molecule has 0 N–H and O–H groups in total. The molecule has 0 spiro atoms. The van der Waals surface area contributed by atoms with Crippen LogP contribution in [0.15, 0.2) is 18.3 Å². The first-order valence-corrected chi connectivity index (χ1v) is 8.46. The third kappa shape index (κ3) is 2.91. The number of hydrogen-bond acceptors (Lipinski definition) is 6. The maximum atomic E-state index is 12.5. The SMILES string of the molecule is N#Cc1c(C2=CCCO2)nn2ccc(N3CCN(CCF)CC3)nc12. The predicted octanol–water partition coefficient (Wildman–Crippen LogP) is 1.45. The van der Waals surface area contributed by atoms with E-state index >= 15 is 0 Å². The number of piperazine rings is 1. The summed E-state index contributed by atoms with van der Waals surface area (Å²) in [6, 6.07) is 4.12. The molecule has 4 heterocycles. The van der Waals surface area contributed by atoms with Crippen molar-refractivity contribution in [3.63, 3.8) is 0 Å². The van der Waals surface area contributed by atoms with Crippen LogP contribution in [0.1, 0.15) is 17.7 Å². The van der Waals surface area contributed by atoms with Crippen LogP contribution in [0, 0.1) is 11.3 Å². The molecule has 0 saturated carbocycles. The maximum Gasteiger partial charge on any atom is 0.175 e. The first kappa shape index (κ1) is 15.8. The molecular formula is C17H19FN6O. The molecule has 4 rings (SSSR count). The highest BCUT2D eigenvalue weighted by Gasteiger charge is 2.23. The largest absolute Gasteiger partial charge is 0.491 e. The highest BCUT2D eigenvalue weighted by molar-refractivity contribution is 5.72. The van der Waals surface area contributed by atoms with Crippen molar-refractivity contribution >= 4 is 17.2 Å². The number of hydrogen-bond donors (Lipinski definition) is 0. The maximum absolute atomic E-state index is 12.5. The van der Waals surface area contributed by atoms with Crippen LogP contribution in [-0.2, 0) is 4.74 Å². The monoisotopic (exact) mass is 342 g/mol. The van der Waals surface area contributed by atoms with Crippen LogP contribution in [0.4, 0.5) is 10.2 Å². The van der Waals surface area contributed by atoms with Gasteiger partial charge in [-0.05, 0) is 12.1 Å². The summed E-state index contributed by atoms with van der Waals surface area (Å²) in [6.07, 6.45) is 4.61. The lowest BCUT2D eigenvalue weighted by atomic mass is 10.2. The number of nitriles is 1. The Morgan fingerprint density at radius 2 is 2.12 bits per heavy atom. The molecule has 0 amide bonds. The van der Waals surface area contributed by atoms with E-state index in [0.29, 0.717) is 35.8 Å². The second kappa shape index (κ2) is 6.69. The molecule has 2 aromatic heterocycles. The van der Waals surface area contributed by atoms with Crippen molar-refractivity contribution in [1.29, 1.82) is 5.26 Å². The molecule has 8 heteroatoms. The van der Waals surface area contributed by atoms with Crippen molar-refractivity contribution < 1.29 is 9.13 Å². The van der Waals surface area contributed by atoms with Gasteiger partial charge in [0.1, 0.15) is 35.6 Å². The molecule has 1 saturated heterocycles. The quantitative estimate of drug-likeness (QED) is 0.838. The van der Waals surface area contributed by atoms with Crippen molar-refractivity contribution in [1.82, 2.24) is 19.5 Å². The number of aromatic nitrogens is 3. The molecule has 0 radical (unpaired) electrons. The summed E-state index contributed by atoms with van der Waals surface area (Å²) in [5, 5.41) is 14.0. The van der Waals surface area contributed by atoms with Crippen molar-refractivity contribution in [2.75, 3.05) is 50.9 Å². The smallest absolute Gasteiger partial charge is 0.175 e. The molecule has 130 valence electrons. The summed E-state index contributed by atoms with van der Waals surface area (Å²) in [5.74, 6) is 1.47. The summed E-state index contributed by atoms with van der Waals surface area (Å²) in [5.41, 5.74) is 1.53. The van der Waals surface area contributed by atoms with E-state index in [0.717, 1.165) is 38.4 Å². The second-order valence-electron chi connectivity index (χ2n) is 6.11. The van der Waals surface area contributed by atoms with Gasteiger partial charge in [-0.3, -0.25) is 4.90 Å². The van der Waals surface area contributed by atoms with E-state index in [-0.39, 0.29) is 6.67 Å². The number of rotatable bonds is 4. The van der Waals surface area contributed by atoms with Crippen LogP contribution in [0.3, 0.4) is 0 Å². The Labute approximate surface area is 144 Å². The minimum absolute atomic E-state index is 0.313. The Bertz CT molecular complexity index is 847. The zero-order valence-electron chi connectivity index (χ0n) is 13.9. The minimum Gasteiger partial charge on any atom is -0.491 e. The number of nitrogens with zero attached hydrogens (tertiary/aromatic N) is 6. The number of fused-ring (bicyclic) bond motifs is 1. The fourth-order valence-corrected chi connectivity index (χ4v) is 3.27. The standard InChI is InChI=1S/C17H19FN6O/c18-4-6-22-7-9-23(10-8-22)15-3-5-24-17(20-15)13(12-19)16(21-24)14-2-1-11-25-14/h2-3,5H,1,4,6-11H2. The second-order valence-corrected chi connectivity index (χ2v) is 6.11. The van der Waals surface area contributed by atoms with Crippen molar-refractivity contribution in [2.24, 2.45) is 0 Å². The van der Waals surface area contributed by atoms with Gasteiger partial charge in [0.15, 0.2) is 5.65 Å². The number of halogens is 1. The number of ether oxygens (including phenoxy) is 1. The molecule has 25 heavy (non-hydrogen) atoms. The highest BCUT2D eigenvalue weighted by Crippen LogP contribution is 2.27. The Morgan fingerprint density at radius 3 is 2.80 bits per heavy atom. The van der Waals surface area contributed by atoms with Gasteiger partial charge in [-0.15, -0.1) is 0 Å². The highest BCUT2D eigenvalue weighted by atomic mass is 19.1. The first-order valence-electron chi connectivity index (χ1n) is 8.46. The van der Waals surface area contributed by atoms with Crippen molar-refractivity contribution in [3.8, 4) is 6.07 Å². The first-order chi connectivity index (χ1) is 12.3. The van der Waals surface area contributed by atoms with Crippen LogP contribution in [-0.4, -0.2) is 65.5 Å². The third-order valence-corrected chi connectivity index (χ3v) is 4.62. The van der Waals surface area contributed by atoms with Gasteiger partial charge in [0.2, 0.25) is 0 Å². The summed E-state index contributed by atoms with van der Waals surface area (Å²) in [6.45, 7) is 4.00. The van der Waals surface area contributed by atoms with E-state index in [9.17, 15) is 9.65 Å². The Hall–Kier alpha value is -2.66. The molecule has 2 aliphatic rings.